The first kappa shape index (κ1) is 20.1. The molecule has 0 bridgehead atoms. The van der Waals surface area contributed by atoms with Crippen molar-refractivity contribution in [3.8, 4) is 0 Å². The highest BCUT2D eigenvalue weighted by atomic mass is 79.9. The van der Waals surface area contributed by atoms with Crippen LogP contribution in [0.15, 0.2) is 94.6 Å². The molecule has 0 spiro atoms. The van der Waals surface area contributed by atoms with Crippen LogP contribution in [0.4, 0.5) is 11.4 Å². The molecule has 3 aromatic carbocycles. The van der Waals surface area contributed by atoms with Crippen molar-refractivity contribution in [3.63, 3.8) is 0 Å². The number of nitrogens with one attached hydrogen (secondary N) is 2. The Morgan fingerprint density at radius 3 is 2.40 bits per heavy atom. The average molecular weight is 482 g/mol. The molecule has 4 rings (SSSR count). The summed E-state index contributed by atoms with van der Waals surface area (Å²) in [5.74, 6) is -0.423. The van der Waals surface area contributed by atoms with Crippen molar-refractivity contribution in [2.45, 2.75) is 4.90 Å². The third-order valence-electron chi connectivity index (χ3n) is 4.47. The lowest BCUT2D eigenvalue weighted by molar-refractivity contribution is 0.102. The summed E-state index contributed by atoms with van der Waals surface area (Å²) in [5, 5.41) is 4.60. The Hall–Kier alpha value is -3.23. The summed E-state index contributed by atoms with van der Waals surface area (Å²) in [7, 11) is -3.85. The van der Waals surface area contributed by atoms with Gasteiger partial charge in [0.15, 0.2) is 0 Å². The smallest absolute Gasteiger partial charge is 0.261 e. The van der Waals surface area contributed by atoms with E-state index in [0.29, 0.717) is 5.69 Å². The largest absolute Gasteiger partial charge is 0.321 e. The van der Waals surface area contributed by atoms with Gasteiger partial charge in [0.25, 0.3) is 15.9 Å². The molecule has 0 unspecified atom stereocenters. The standard InChI is InChI=1S/C22H16BrN3O3S/c23-16-8-10-17(11-9-16)30(28,29)26-21-6-2-1-5-19(21)22(27)25-20-7-3-4-15-14-24-13-12-18(15)20/h1-14,26H,(H,25,27). The molecular weight excluding hydrogens is 466 g/mol. The number of sulfonamides is 1. The van der Waals surface area contributed by atoms with Crippen molar-refractivity contribution in [2.24, 2.45) is 0 Å². The van der Waals surface area contributed by atoms with Crippen molar-refractivity contribution < 1.29 is 13.2 Å². The van der Waals surface area contributed by atoms with Crippen LogP contribution in [0.3, 0.4) is 0 Å². The molecule has 0 aliphatic rings. The van der Waals surface area contributed by atoms with Gasteiger partial charge in [-0.15, -0.1) is 0 Å². The molecule has 2 N–H and O–H groups in total. The summed E-state index contributed by atoms with van der Waals surface area (Å²) in [6.45, 7) is 0. The minimum atomic E-state index is -3.85. The highest BCUT2D eigenvalue weighted by Gasteiger charge is 2.19. The zero-order valence-corrected chi connectivity index (χ0v) is 17.9. The van der Waals surface area contributed by atoms with E-state index in [4.69, 9.17) is 0 Å². The highest BCUT2D eigenvalue weighted by Crippen LogP contribution is 2.25. The number of anilines is 2. The molecule has 4 aromatic rings. The Balaban J connectivity index is 1.64. The fraction of sp³-hybridized carbons (Fsp3) is 0. The molecule has 8 heteroatoms. The summed E-state index contributed by atoms with van der Waals surface area (Å²) in [5.41, 5.74) is 1.02. The first-order valence-corrected chi connectivity index (χ1v) is 11.2. The van der Waals surface area contributed by atoms with Gasteiger partial charge in [-0.05, 0) is 48.5 Å². The molecule has 30 heavy (non-hydrogen) atoms. The van der Waals surface area contributed by atoms with E-state index >= 15 is 0 Å². The number of nitrogens with zero attached hydrogens (tertiary/aromatic N) is 1. The van der Waals surface area contributed by atoms with E-state index in [1.807, 2.05) is 18.2 Å². The Labute approximate surface area is 182 Å². The number of pyridine rings is 1. The molecule has 1 heterocycles. The van der Waals surface area contributed by atoms with Gasteiger partial charge in [0.2, 0.25) is 0 Å². The molecule has 6 nitrogen and oxygen atoms in total. The molecule has 0 aliphatic carbocycles. The predicted molar refractivity (Wildman–Crippen MR) is 121 cm³/mol. The van der Waals surface area contributed by atoms with E-state index in [9.17, 15) is 13.2 Å². The monoisotopic (exact) mass is 481 g/mol. The maximum Gasteiger partial charge on any atom is 0.261 e. The van der Waals surface area contributed by atoms with Crippen LogP contribution >= 0.6 is 15.9 Å². The number of hydrogen-bond acceptors (Lipinski definition) is 4. The topological polar surface area (TPSA) is 88.2 Å². The summed E-state index contributed by atoms with van der Waals surface area (Å²) in [6, 6.07) is 20.0. The Kier molecular flexibility index (Phi) is 5.52. The van der Waals surface area contributed by atoms with E-state index in [0.717, 1.165) is 15.2 Å². The second-order valence-electron chi connectivity index (χ2n) is 6.46. The van der Waals surface area contributed by atoms with Gasteiger partial charge in [0.1, 0.15) is 0 Å². The van der Waals surface area contributed by atoms with E-state index in [1.54, 1.807) is 54.9 Å². The minimum absolute atomic E-state index is 0.0995. The Morgan fingerprint density at radius 1 is 0.867 bits per heavy atom. The minimum Gasteiger partial charge on any atom is -0.321 e. The van der Waals surface area contributed by atoms with Gasteiger partial charge in [-0.1, -0.05) is 40.2 Å². The van der Waals surface area contributed by atoms with E-state index in [2.05, 4.69) is 31.0 Å². The SMILES string of the molecule is O=C(Nc1cccc2cnccc12)c1ccccc1NS(=O)(=O)c1ccc(Br)cc1. The van der Waals surface area contributed by atoms with Crippen molar-refractivity contribution in [2.75, 3.05) is 10.0 Å². The number of fused-ring (bicyclic) bond motifs is 1. The second-order valence-corrected chi connectivity index (χ2v) is 9.06. The number of rotatable bonds is 5. The van der Waals surface area contributed by atoms with Crippen LogP contribution in [0.1, 0.15) is 10.4 Å². The summed E-state index contributed by atoms with van der Waals surface area (Å²) in [6.07, 6.45) is 3.36. The first-order valence-electron chi connectivity index (χ1n) is 8.95. The van der Waals surface area contributed by atoms with Crippen LogP contribution in [0.5, 0.6) is 0 Å². The maximum atomic E-state index is 13.0. The lowest BCUT2D eigenvalue weighted by Crippen LogP contribution is -2.18. The third-order valence-corrected chi connectivity index (χ3v) is 6.38. The molecule has 0 saturated carbocycles. The molecule has 1 amide bonds. The van der Waals surface area contributed by atoms with Crippen molar-refractivity contribution in [1.82, 2.24) is 4.98 Å². The molecule has 0 fully saturated rings. The molecule has 0 atom stereocenters. The number of hydrogen-bond donors (Lipinski definition) is 2. The Bertz CT molecular complexity index is 1330. The van der Waals surface area contributed by atoms with Crippen LogP contribution < -0.4 is 10.0 Å². The summed E-state index contributed by atoms with van der Waals surface area (Å²) >= 11 is 3.29. The molecule has 0 radical (unpaired) electrons. The molecule has 0 saturated heterocycles. The number of para-hydroxylation sites is 1. The van der Waals surface area contributed by atoms with E-state index < -0.39 is 15.9 Å². The summed E-state index contributed by atoms with van der Waals surface area (Å²) < 4.78 is 28.8. The second kappa shape index (κ2) is 8.25. The van der Waals surface area contributed by atoms with Crippen LogP contribution in [-0.4, -0.2) is 19.3 Å². The van der Waals surface area contributed by atoms with Gasteiger partial charge in [-0.3, -0.25) is 14.5 Å². The fourth-order valence-corrected chi connectivity index (χ4v) is 4.35. The zero-order valence-electron chi connectivity index (χ0n) is 15.5. The normalized spacial score (nSPS) is 11.2. The van der Waals surface area contributed by atoms with Crippen molar-refractivity contribution in [3.05, 3.63) is 95.2 Å². The van der Waals surface area contributed by atoms with Crippen LogP contribution in [0.2, 0.25) is 0 Å². The van der Waals surface area contributed by atoms with Crippen molar-refractivity contribution >= 4 is 54.0 Å². The number of amides is 1. The molecule has 150 valence electrons. The molecule has 1 aromatic heterocycles. The summed E-state index contributed by atoms with van der Waals surface area (Å²) in [4.78, 5) is 17.2. The van der Waals surface area contributed by atoms with Crippen molar-refractivity contribution in [1.29, 1.82) is 0 Å². The lowest BCUT2D eigenvalue weighted by atomic mass is 10.1. The zero-order chi connectivity index (χ0) is 21.1. The third kappa shape index (κ3) is 4.19. The van der Waals surface area contributed by atoms with Gasteiger partial charge in [-0.25, -0.2) is 8.42 Å². The van der Waals surface area contributed by atoms with Gasteiger partial charge in [0.05, 0.1) is 16.1 Å². The van der Waals surface area contributed by atoms with Gasteiger partial charge in [0, 0.05) is 33.3 Å². The van der Waals surface area contributed by atoms with E-state index in [1.165, 1.54) is 12.1 Å². The predicted octanol–water partition coefficient (Wildman–Crippen LogP) is 5.05. The van der Waals surface area contributed by atoms with Crippen LogP contribution in [-0.2, 0) is 10.0 Å². The fourth-order valence-electron chi connectivity index (χ4n) is 3.01. The quantitative estimate of drug-likeness (QED) is 0.417. The van der Waals surface area contributed by atoms with E-state index in [-0.39, 0.29) is 16.1 Å². The molecule has 0 aliphatic heterocycles. The van der Waals surface area contributed by atoms with Crippen LogP contribution in [0.25, 0.3) is 10.8 Å². The number of aromatic nitrogens is 1. The molecular formula is C22H16BrN3O3S. The first-order chi connectivity index (χ1) is 14.4. The lowest BCUT2D eigenvalue weighted by Gasteiger charge is -2.14. The maximum absolute atomic E-state index is 13.0. The number of carbonyl (C=O) groups is 1. The number of halogens is 1. The number of carbonyl (C=O) groups excluding carboxylic acids is 1. The number of benzene rings is 3. The average Bonchev–Trinajstić information content (AvgIpc) is 2.74. The highest BCUT2D eigenvalue weighted by molar-refractivity contribution is 9.10. The Morgan fingerprint density at radius 2 is 1.60 bits per heavy atom. The van der Waals surface area contributed by atoms with Gasteiger partial charge in [-0.2, -0.15) is 0 Å². The van der Waals surface area contributed by atoms with Gasteiger partial charge >= 0.3 is 0 Å². The van der Waals surface area contributed by atoms with Gasteiger partial charge < -0.3 is 5.32 Å². The van der Waals surface area contributed by atoms with Crippen LogP contribution in [0, 0.1) is 0 Å².